The molecule has 2 heterocycles. The van der Waals surface area contributed by atoms with Crippen molar-refractivity contribution < 1.29 is 14.4 Å². The number of tetrazole rings is 1. The van der Waals surface area contributed by atoms with E-state index in [0.717, 1.165) is 54.7 Å². The number of piperidine rings is 1. The van der Waals surface area contributed by atoms with Crippen LogP contribution in [-0.2, 0) is 0 Å². The molecule has 1 N–H and O–H groups in total. The van der Waals surface area contributed by atoms with Gasteiger partial charge in [-0.05, 0) is 54.2 Å². The molecule has 0 radical (unpaired) electrons. The van der Waals surface area contributed by atoms with Crippen molar-refractivity contribution in [1.29, 1.82) is 0 Å². The molecular weight excluding hydrogens is 366 g/mol. The SMILES string of the molecule is COc1ccc([C@@H](c2nnnn2C2CCCCC2)[NH+]2CCC(C)CC2)c(OC)c1. The minimum absolute atomic E-state index is 0.0697. The lowest BCUT2D eigenvalue weighted by Gasteiger charge is -2.34. The maximum Gasteiger partial charge on any atom is 0.214 e. The van der Waals surface area contributed by atoms with E-state index >= 15 is 0 Å². The molecule has 7 heteroatoms. The second-order valence-corrected chi connectivity index (χ2v) is 8.66. The summed E-state index contributed by atoms with van der Waals surface area (Å²) in [5.41, 5.74) is 1.14. The van der Waals surface area contributed by atoms with Crippen molar-refractivity contribution in [3.63, 3.8) is 0 Å². The molecule has 7 nitrogen and oxygen atoms in total. The second-order valence-electron chi connectivity index (χ2n) is 8.66. The average Bonchev–Trinajstić information content (AvgIpc) is 3.25. The van der Waals surface area contributed by atoms with Gasteiger partial charge in [-0.15, -0.1) is 5.10 Å². The van der Waals surface area contributed by atoms with Crippen LogP contribution in [0.2, 0.25) is 0 Å². The first-order valence-electron chi connectivity index (χ1n) is 11.1. The number of likely N-dealkylation sites (tertiary alicyclic amines) is 1. The van der Waals surface area contributed by atoms with Crippen LogP contribution in [0.15, 0.2) is 18.2 Å². The summed E-state index contributed by atoms with van der Waals surface area (Å²) in [5.74, 6) is 3.41. The van der Waals surface area contributed by atoms with Crippen LogP contribution in [0.25, 0.3) is 0 Å². The Bertz CT molecular complexity index is 794. The van der Waals surface area contributed by atoms with Gasteiger partial charge in [0.2, 0.25) is 5.82 Å². The molecule has 2 aromatic rings. The molecule has 1 aliphatic carbocycles. The molecule has 0 spiro atoms. The summed E-state index contributed by atoms with van der Waals surface area (Å²) < 4.78 is 13.3. The number of hydrogen-bond donors (Lipinski definition) is 1. The standard InChI is InChI=1S/C22H33N5O2/c1-16-11-13-26(14-12-16)21(19-10-9-18(28-2)15-20(19)29-3)22-23-24-25-27(22)17-7-5-4-6-8-17/h9-10,15-17,21H,4-8,11-14H2,1-3H3/p+1/t21-/m0/s1. The van der Waals surface area contributed by atoms with Gasteiger partial charge >= 0.3 is 0 Å². The Kier molecular flexibility index (Phi) is 6.33. The summed E-state index contributed by atoms with van der Waals surface area (Å²) in [6, 6.07) is 6.60. The van der Waals surface area contributed by atoms with Crippen LogP contribution >= 0.6 is 0 Å². The fourth-order valence-corrected chi connectivity index (χ4v) is 5.00. The first-order chi connectivity index (χ1) is 14.2. The van der Waals surface area contributed by atoms with Crippen LogP contribution in [0.3, 0.4) is 0 Å². The van der Waals surface area contributed by atoms with Crippen molar-refractivity contribution in [1.82, 2.24) is 20.2 Å². The van der Waals surface area contributed by atoms with E-state index < -0.39 is 0 Å². The Morgan fingerprint density at radius 2 is 1.79 bits per heavy atom. The number of methoxy groups -OCH3 is 2. The van der Waals surface area contributed by atoms with E-state index in [0.29, 0.717) is 6.04 Å². The summed E-state index contributed by atoms with van der Waals surface area (Å²) in [6.07, 6.45) is 8.63. The smallest absolute Gasteiger partial charge is 0.214 e. The van der Waals surface area contributed by atoms with E-state index in [9.17, 15) is 0 Å². The highest BCUT2D eigenvalue weighted by molar-refractivity contribution is 5.43. The first-order valence-corrected chi connectivity index (χ1v) is 11.1. The van der Waals surface area contributed by atoms with Crippen LogP contribution in [0.1, 0.15) is 75.3 Å². The van der Waals surface area contributed by atoms with Crippen molar-refractivity contribution in [2.75, 3.05) is 27.3 Å². The molecule has 2 fully saturated rings. The van der Waals surface area contributed by atoms with Crippen LogP contribution < -0.4 is 14.4 Å². The quantitative estimate of drug-likeness (QED) is 0.807. The molecular formula is C22H34N5O2+. The molecule has 158 valence electrons. The molecule has 1 atom stereocenters. The second kappa shape index (κ2) is 9.11. The molecule has 1 aromatic carbocycles. The van der Waals surface area contributed by atoms with Crippen molar-refractivity contribution in [2.45, 2.75) is 64.0 Å². The normalized spacial score (nSPS) is 24.2. The predicted molar refractivity (Wildman–Crippen MR) is 110 cm³/mol. The Balaban J connectivity index is 1.75. The monoisotopic (exact) mass is 400 g/mol. The van der Waals surface area contributed by atoms with Gasteiger partial charge in [-0.3, -0.25) is 0 Å². The number of nitrogens with one attached hydrogen (secondary N) is 1. The lowest BCUT2D eigenvalue weighted by Crippen LogP contribution is -3.13. The Labute approximate surface area is 173 Å². The van der Waals surface area contributed by atoms with Crippen LogP contribution in [0, 0.1) is 5.92 Å². The number of nitrogens with zero attached hydrogens (tertiary/aromatic N) is 4. The molecule has 1 saturated heterocycles. The summed E-state index contributed by atoms with van der Waals surface area (Å²) in [6.45, 7) is 4.60. The Hall–Kier alpha value is -2.15. The number of hydrogen-bond acceptors (Lipinski definition) is 5. The molecule has 4 rings (SSSR count). The zero-order valence-electron chi connectivity index (χ0n) is 17.9. The first kappa shape index (κ1) is 20.1. The third kappa shape index (κ3) is 4.25. The minimum Gasteiger partial charge on any atom is -0.497 e. The Morgan fingerprint density at radius 1 is 1.03 bits per heavy atom. The lowest BCUT2D eigenvalue weighted by atomic mass is 9.93. The van der Waals surface area contributed by atoms with Gasteiger partial charge in [0.05, 0.1) is 38.9 Å². The van der Waals surface area contributed by atoms with Crippen LogP contribution in [0.5, 0.6) is 11.5 Å². The van der Waals surface area contributed by atoms with Gasteiger partial charge in [0.15, 0.2) is 6.04 Å². The number of benzene rings is 1. The van der Waals surface area contributed by atoms with Gasteiger partial charge in [0.25, 0.3) is 0 Å². The summed E-state index contributed by atoms with van der Waals surface area (Å²) >= 11 is 0. The zero-order valence-corrected chi connectivity index (χ0v) is 17.9. The van der Waals surface area contributed by atoms with E-state index in [1.54, 1.807) is 14.2 Å². The van der Waals surface area contributed by atoms with Crippen molar-refractivity contribution >= 4 is 0 Å². The van der Waals surface area contributed by atoms with Gasteiger partial charge in [0.1, 0.15) is 11.5 Å². The van der Waals surface area contributed by atoms with Crippen LogP contribution in [-0.4, -0.2) is 47.5 Å². The molecule has 0 amide bonds. The molecule has 0 unspecified atom stereocenters. The number of aromatic nitrogens is 4. The minimum atomic E-state index is 0.0697. The number of quaternary nitrogens is 1. The Morgan fingerprint density at radius 3 is 2.48 bits per heavy atom. The highest BCUT2D eigenvalue weighted by Gasteiger charge is 2.37. The maximum atomic E-state index is 5.79. The number of ether oxygens (including phenoxy) is 2. The van der Waals surface area contributed by atoms with Crippen molar-refractivity contribution in [3.05, 3.63) is 29.6 Å². The van der Waals surface area contributed by atoms with E-state index in [1.165, 1.54) is 37.0 Å². The molecule has 1 aliphatic heterocycles. The average molecular weight is 401 g/mol. The third-order valence-electron chi connectivity index (χ3n) is 6.77. The van der Waals surface area contributed by atoms with E-state index in [-0.39, 0.29) is 6.04 Å². The lowest BCUT2D eigenvalue weighted by molar-refractivity contribution is -0.932. The zero-order chi connectivity index (χ0) is 20.2. The predicted octanol–water partition coefficient (Wildman–Crippen LogP) is 2.60. The highest BCUT2D eigenvalue weighted by atomic mass is 16.5. The topological polar surface area (TPSA) is 66.5 Å². The summed E-state index contributed by atoms with van der Waals surface area (Å²) in [4.78, 5) is 1.53. The van der Waals surface area contributed by atoms with E-state index in [2.05, 4.69) is 33.2 Å². The van der Waals surface area contributed by atoms with Gasteiger partial charge < -0.3 is 14.4 Å². The maximum absolute atomic E-state index is 5.79. The molecule has 1 aromatic heterocycles. The third-order valence-corrected chi connectivity index (χ3v) is 6.77. The van der Waals surface area contributed by atoms with Gasteiger partial charge in [0, 0.05) is 6.07 Å². The van der Waals surface area contributed by atoms with Gasteiger partial charge in [-0.25, -0.2) is 4.68 Å². The molecule has 2 aliphatic rings. The summed E-state index contributed by atoms with van der Waals surface area (Å²) in [7, 11) is 3.42. The van der Waals surface area contributed by atoms with Crippen molar-refractivity contribution in [2.24, 2.45) is 5.92 Å². The van der Waals surface area contributed by atoms with E-state index in [1.807, 2.05) is 12.1 Å². The molecule has 29 heavy (non-hydrogen) atoms. The van der Waals surface area contributed by atoms with Gasteiger partial charge in [-0.2, -0.15) is 0 Å². The summed E-state index contributed by atoms with van der Waals surface area (Å²) in [5, 5.41) is 13.2. The largest absolute Gasteiger partial charge is 0.497 e. The number of rotatable bonds is 6. The fraction of sp³-hybridized carbons (Fsp3) is 0.682. The molecule has 0 bridgehead atoms. The molecule has 1 saturated carbocycles. The van der Waals surface area contributed by atoms with E-state index in [4.69, 9.17) is 9.47 Å². The highest BCUT2D eigenvalue weighted by Crippen LogP contribution is 2.34. The fourth-order valence-electron chi connectivity index (χ4n) is 5.00. The van der Waals surface area contributed by atoms with Gasteiger partial charge in [-0.1, -0.05) is 26.2 Å². The van der Waals surface area contributed by atoms with Crippen molar-refractivity contribution in [3.8, 4) is 11.5 Å². The van der Waals surface area contributed by atoms with Crippen LogP contribution in [0.4, 0.5) is 0 Å².